The second-order valence-corrected chi connectivity index (χ2v) is 13.8. The number of rotatable bonds is 6. The number of benzene rings is 2. The molecular weight excluding hydrogens is 685 g/mol. The predicted molar refractivity (Wildman–Crippen MR) is 183 cm³/mol. The molecule has 0 atom stereocenters. The number of amides is 1. The number of nitrogens with zero attached hydrogens (tertiary/aromatic N) is 4. The van der Waals surface area contributed by atoms with E-state index in [-0.39, 0.29) is 57.6 Å². The van der Waals surface area contributed by atoms with Crippen LogP contribution in [-0.2, 0) is 29.2 Å². The Bertz CT molecular complexity index is 2290. The van der Waals surface area contributed by atoms with E-state index in [0.717, 1.165) is 57.3 Å². The van der Waals surface area contributed by atoms with Gasteiger partial charge in [0.05, 0.1) is 28.9 Å². The van der Waals surface area contributed by atoms with Crippen molar-refractivity contribution in [2.24, 2.45) is 12.5 Å². The summed E-state index contributed by atoms with van der Waals surface area (Å²) in [7, 11) is 1.63. The Kier molecular flexibility index (Phi) is 8.21. The van der Waals surface area contributed by atoms with Crippen LogP contribution < -0.4 is 10.1 Å². The lowest BCUT2D eigenvalue weighted by Gasteiger charge is -2.52. The molecule has 3 aliphatic heterocycles. The van der Waals surface area contributed by atoms with Gasteiger partial charge in [-0.1, -0.05) is 12.1 Å². The number of aryl methyl sites for hydroxylation is 2. The molecule has 0 saturated carbocycles. The van der Waals surface area contributed by atoms with Gasteiger partial charge in [0.25, 0.3) is 0 Å². The maximum Gasteiger partial charge on any atom is 0.417 e. The second kappa shape index (κ2) is 12.6. The van der Waals surface area contributed by atoms with Gasteiger partial charge in [-0.25, -0.2) is 13.8 Å². The minimum absolute atomic E-state index is 0.00865. The number of halogens is 5. The zero-order chi connectivity index (χ0) is 36.5. The van der Waals surface area contributed by atoms with E-state index in [1.165, 1.54) is 34.9 Å². The monoisotopic (exact) mass is 719 g/mol. The second-order valence-electron chi connectivity index (χ2n) is 13.8. The lowest BCUT2D eigenvalue weighted by molar-refractivity contribution is -0.137. The minimum Gasteiger partial charge on any atom is -0.490 e. The lowest BCUT2D eigenvalue weighted by atomic mass is 9.73. The number of ether oxygens (including phenoxy) is 2. The molecule has 2 saturated heterocycles. The van der Waals surface area contributed by atoms with Crippen LogP contribution in [-0.4, -0.2) is 70.0 Å². The van der Waals surface area contributed by atoms with E-state index in [9.17, 15) is 22.8 Å². The summed E-state index contributed by atoms with van der Waals surface area (Å²) in [6.45, 7) is 5.52. The summed E-state index contributed by atoms with van der Waals surface area (Å²) < 4.78 is 89.2. The average Bonchev–Trinajstić information content (AvgIpc) is 3.60. The van der Waals surface area contributed by atoms with E-state index in [1.807, 2.05) is 0 Å². The van der Waals surface area contributed by atoms with Gasteiger partial charge in [-0.3, -0.25) is 14.5 Å². The van der Waals surface area contributed by atoms with E-state index in [1.54, 1.807) is 24.6 Å². The molecule has 0 bridgehead atoms. The van der Waals surface area contributed by atoms with Crippen molar-refractivity contribution < 1.29 is 41.0 Å². The molecule has 14 heteroatoms. The number of aromatic nitrogens is 3. The topological polar surface area (TPSA) is 90.1 Å². The molecule has 3 aliphatic rings. The number of hydrogen-bond acceptors (Lipinski definition) is 6. The van der Waals surface area contributed by atoms with E-state index < -0.39 is 40.8 Å². The molecule has 8 rings (SSSR count). The van der Waals surface area contributed by atoms with Crippen molar-refractivity contribution in [1.82, 2.24) is 18.9 Å². The first kappa shape index (κ1) is 34.0. The van der Waals surface area contributed by atoms with E-state index >= 15 is 8.78 Å². The smallest absolute Gasteiger partial charge is 0.417 e. The van der Waals surface area contributed by atoms with Gasteiger partial charge in [-0.2, -0.15) is 13.2 Å². The summed E-state index contributed by atoms with van der Waals surface area (Å²) >= 11 is 0. The van der Waals surface area contributed by atoms with Crippen molar-refractivity contribution >= 4 is 33.9 Å². The van der Waals surface area contributed by atoms with Gasteiger partial charge in [0.15, 0.2) is 5.75 Å². The van der Waals surface area contributed by atoms with Gasteiger partial charge in [-0.05, 0) is 55.7 Å². The van der Waals surface area contributed by atoms with Crippen molar-refractivity contribution in [3.05, 3.63) is 94.6 Å². The van der Waals surface area contributed by atoms with E-state index in [0.29, 0.717) is 23.4 Å². The third-order valence-corrected chi connectivity index (χ3v) is 10.5. The third kappa shape index (κ3) is 5.73. The van der Waals surface area contributed by atoms with Crippen LogP contribution in [0.3, 0.4) is 0 Å². The summed E-state index contributed by atoms with van der Waals surface area (Å²) in [4.78, 5) is 33.1. The summed E-state index contributed by atoms with van der Waals surface area (Å²) in [5, 5.41) is 2.23. The van der Waals surface area contributed by atoms with Crippen molar-refractivity contribution in [2.45, 2.75) is 32.4 Å². The number of carbonyl (C=O) groups excluding carboxylic acids is 2. The highest BCUT2D eigenvalue weighted by molar-refractivity contribution is 6.10. The van der Waals surface area contributed by atoms with Crippen LogP contribution in [0.4, 0.5) is 27.6 Å². The molecule has 0 aliphatic carbocycles. The van der Waals surface area contributed by atoms with Crippen LogP contribution in [0.1, 0.15) is 45.8 Å². The first-order valence-corrected chi connectivity index (χ1v) is 17.0. The number of pyridine rings is 1. The fraction of sp³-hybridized carbons (Fsp3) is 0.342. The maximum absolute atomic E-state index is 15.3. The van der Waals surface area contributed by atoms with Gasteiger partial charge in [0.1, 0.15) is 28.7 Å². The number of likely N-dealkylation sites (tertiary alicyclic amines) is 1. The quantitative estimate of drug-likeness (QED) is 0.117. The summed E-state index contributed by atoms with van der Waals surface area (Å²) in [6.07, 6.45) is 1.86. The summed E-state index contributed by atoms with van der Waals surface area (Å²) in [5.74, 6) is -3.30. The first-order chi connectivity index (χ1) is 24.8. The highest BCUT2D eigenvalue weighted by atomic mass is 19.4. The Morgan fingerprint density at radius 3 is 2.50 bits per heavy atom. The van der Waals surface area contributed by atoms with Crippen molar-refractivity contribution in [3.63, 3.8) is 0 Å². The van der Waals surface area contributed by atoms with Gasteiger partial charge < -0.3 is 23.8 Å². The minimum atomic E-state index is -4.76. The van der Waals surface area contributed by atoms with Crippen LogP contribution >= 0.6 is 0 Å². The number of alkyl halides is 3. The van der Waals surface area contributed by atoms with Crippen LogP contribution in [0.2, 0.25) is 0 Å². The molecule has 2 fully saturated rings. The fourth-order valence-corrected chi connectivity index (χ4v) is 7.81. The van der Waals surface area contributed by atoms with Crippen molar-refractivity contribution in [3.8, 4) is 16.9 Å². The Balaban J connectivity index is 1.08. The van der Waals surface area contributed by atoms with Gasteiger partial charge in [0, 0.05) is 80.7 Å². The van der Waals surface area contributed by atoms with Crippen molar-refractivity contribution in [2.75, 3.05) is 44.8 Å². The normalized spacial score (nSPS) is 17.2. The van der Waals surface area contributed by atoms with Gasteiger partial charge in [-0.15, -0.1) is 0 Å². The molecule has 1 amide bonds. The lowest BCUT2D eigenvalue weighted by Crippen LogP contribution is -2.58. The number of carbonyl (C=O) groups is 2. The molecule has 0 unspecified atom stereocenters. The molecule has 9 nitrogen and oxygen atoms in total. The summed E-state index contributed by atoms with van der Waals surface area (Å²) in [5.41, 5.74) is -0.332. The summed E-state index contributed by atoms with van der Waals surface area (Å²) in [6, 6.07) is 7.24. The molecule has 3 aromatic heterocycles. The largest absolute Gasteiger partial charge is 0.490 e. The molecule has 1 N–H and O–H groups in total. The Morgan fingerprint density at radius 2 is 1.79 bits per heavy atom. The average molecular weight is 720 g/mol. The van der Waals surface area contributed by atoms with Gasteiger partial charge in [0.2, 0.25) is 11.7 Å². The fourth-order valence-electron chi connectivity index (χ4n) is 7.81. The number of imidazole rings is 1. The SMILES string of the molecule is Cc1nc2c3c(c(C(F)(F)F)cc2n1C)-c1cccn2c(C(=O)c4cc(F)c(NC(=O)/C=C/CN5CC6(CCOCC6)C5)c(F)c4)cc(c12)CCO3. The molecule has 6 heterocycles. The van der Waals surface area contributed by atoms with Crippen LogP contribution in [0, 0.1) is 24.0 Å². The number of hydrogen-bond donors (Lipinski definition) is 1. The van der Waals surface area contributed by atoms with Crippen molar-refractivity contribution in [1.29, 1.82) is 0 Å². The molecule has 270 valence electrons. The Hall–Kier alpha value is -5.08. The Morgan fingerprint density at radius 1 is 1.06 bits per heavy atom. The number of nitrogens with one attached hydrogen (secondary N) is 1. The van der Waals surface area contributed by atoms with Crippen LogP contribution in [0.5, 0.6) is 5.75 Å². The zero-order valence-electron chi connectivity index (χ0n) is 28.4. The molecule has 0 radical (unpaired) electrons. The number of ketones is 1. The van der Waals surface area contributed by atoms with E-state index in [2.05, 4.69) is 15.2 Å². The Labute approximate surface area is 294 Å². The number of anilines is 1. The molecule has 1 spiro atoms. The first-order valence-electron chi connectivity index (χ1n) is 17.0. The molecule has 52 heavy (non-hydrogen) atoms. The highest BCUT2D eigenvalue weighted by Crippen LogP contribution is 2.49. The third-order valence-electron chi connectivity index (χ3n) is 10.5. The predicted octanol–water partition coefficient (Wildman–Crippen LogP) is 6.87. The number of fused-ring (bicyclic) bond motifs is 4. The standard InChI is InChI=1S/C38H34F5N5O4/c1-21-44-33-28(46(21)2)18-25(38(41,42)43)31-24-5-3-11-48-29(17-22(34(24)48)7-12-52-36(31)33)35(50)23-15-26(39)32(27(40)16-23)45-30(49)6-4-10-47-19-37(20-47)8-13-51-14-9-37/h3-6,11,15-18H,7-10,12-14,19-20H2,1-2H3,(H,45,49)/b6-4+. The molecule has 5 aromatic rings. The zero-order valence-corrected chi connectivity index (χ0v) is 28.4. The molecule has 2 aromatic carbocycles. The van der Waals surface area contributed by atoms with E-state index in [4.69, 9.17) is 9.47 Å². The highest BCUT2D eigenvalue weighted by Gasteiger charge is 2.43. The molecular formula is C38H34F5N5O4. The van der Waals surface area contributed by atoms with Crippen LogP contribution in [0.15, 0.2) is 54.7 Å². The maximum atomic E-state index is 15.3. The van der Waals surface area contributed by atoms with Crippen LogP contribution in [0.25, 0.3) is 27.7 Å². The van der Waals surface area contributed by atoms with Gasteiger partial charge >= 0.3 is 6.18 Å².